The molecule has 88 valence electrons. The normalized spacial score (nSPS) is 16.8. The van der Waals surface area contributed by atoms with E-state index in [4.69, 9.17) is 13.7 Å². The summed E-state index contributed by atoms with van der Waals surface area (Å²) in [5.74, 6) is 0.837. The van der Waals surface area contributed by atoms with Gasteiger partial charge in [0.05, 0.1) is 13.4 Å². The van der Waals surface area contributed by atoms with Crippen LogP contribution in [0.1, 0.15) is 18.7 Å². The van der Waals surface area contributed by atoms with E-state index < -0.39 is 5.41 Å². The van der Waals surface area contributed by atoms with Gasteiger partial charge >= 0.3 is 5.97 Å². The molecule has 6 heteroatoms. The van der Waals surface area contributed by atoms with E-state index in [0.29, 0.717) is 30.3 Å². The van der Waals surface area contributed by atoms with Crippen molar-refractivity contribution in [2.75, 3.05) is 7.11 Å². The Balaban J connectivity index is 1.94. The number of nitrogens with zero attached hydrogens (tertiary/aromatic N) is 2. The summed E-state index contributed by atoms with van der Waals surface area (Å²) in [5, 5.41) is 3.79. The van der Waals surface area contributed by atoms with Crippen molar-refractivity contribution in [3.05, 3.63) is 24.3 Å². The molecule has 1 fully saturated rings. The second-order valence-electron chi connectivity index (χ2n) is 3.97. The molecule has 0 atom stereocenters. The van der Waals surface area contributed by atoms with E-state index in [9.17, 15) is 4.79 Å². The average molecular weight is 234 g/mol. The fourth-order valence-electron chi connectivity index (χ4n) is 1.75. The van der Waals surface area contributed by atoms with E-state index >= 15 is 0 Å². The highest BCUT2D eigenvalue weighted by Gasteiger charge is 2.57. The summed E-state index contributed by atoms with van der Waals surface area (Å²) in [7, 11) is 1.35. The van der Waals surface area contributed by atoms with Crippen LogP contribution in [0.4, 0.5) is 0 Å². The van der Waals surface area contributed by atoms with E-state index in [0.717, 1.165) is 0 Å². The summed E-state index contributed by atoms with van der Waals surface area (Å²) < 4.78 is 15.0. The summed E-state index contributed by atoms with van der Waals surface area (Å²) in [4.78, 5) is 15.8. The molecule has 3 rings (SSSR count). The zero-order valence-electron chi connectivity index (χ0n) is 9.17. The summed E-state index contributed by atoms with van der Waals surface area (Å²) in [6.45, 7) is 0. The Morgan fingerprint density at radius 2 is 2.35 bits per heavy atom. The van der Waals surface area contributed by atoms with Gasteiger partial charge in [-0.2, -0.15) is 4.98 Å². The topological polar surface area (TPSA) is 78.4 Å². The van der Waals surface area contributed by atoms with Crippen LogP contribution in [0.15, 0.2) is 27.3 Å². The number of carbonyl (C=O) groups excluding carboxylic acids is 1. The predicted molar refractivity (Wildman–Crippen MR) is 54.9 cm³/mol. The number of esters is 1. The molecular formula is C11H10N2O4. The Morgan fingerprint density at radius 1 is 1.53 bits per heavy atom. The fourth-order valence-corrected chi connectivity index (χ4v) is 1.75. The Morgan fingerprint density at radius 3 is 2.94 bits per heavy atom. The van der Waals surface area contributed by atoms with Crippen LogP contribution < -0.4 is 0 Å². The van der Waals surface area contributed by atoms with Gasteiger partial charge in [-0.05, 0) is 25.0 Å². The first-order chi connectivity index (χ1) is 8.26. The van der Waals surface area contributed by atoms with Gasteiger partial charge in [-0.15, -0.1) is 0 Å². The minimum atomic E-state index is -0.730. The molecule has 2 heterocycles. The van der Waals surface area contributed by atoms with E-state index in [1.165, 1.54) is 13.4 Å². The van der Waals surface area contributed by atoms with Crippen molar-refractivity contribution in [3.63, 3.8) is 0 Å². The fraction of sp³-hybridized carbons (Fsp3) is 0.364. The van der Waals surface area contributed by atoms with Gasteiger partial charge in [-0.25, -0.2) is 0 Å². The van der Waals surface area contributed by atoms with Crippen molar-refractivity contribution in [1.29, 1.82) is 0 Å². The summed E-state index contributed by atoms with van der Waals surface area (Å²) in [5.41, 5.74) is -0.730. The number of hydrogen-bond donors (Lipinski definition) is 0. The molecule has 1 aliphatic rings. The third-order valence-electron chi connectivity index (χ3n) is 2.90. The molecule has 0 radical (unpaired) electrons. The molecule has 0 aliphatic heterocycles. The highest BCUT2D eigenvalue weighted by molar-refractivity contribution is 5.85. The minimum absolute atomic E-state index is 0.302. The van der Waals surface area contributed by atoms with E-state index in [1.807, 2.05) is 0 Å². The van der Waals surface area contributed by atoms with E-state index in [1.54, 1.807) is 12.1 Å². The van der Waals surface area contributed by atoms with Crippen molar-refractivity contribution in [3.8, 4) is 11.6 Å². The molecule has 17 heavy (non-hydrogen) atoms. The largest absolute Gasteiger partial charge is 0.468 e. The van der Waals surface area contributed by atoms with Gasteiger partial charge in [0.1, 0.15) is 5.41 Å². The predicted octanol–water partition coefficient (Wildman–Crippen LogP) is 1.53. The number of methoxy groups -OCH3 is 1. The van der Waals surface area contributed by atoms with E-state index in [-0.39, 0.29) is 5.97 Å². The lowest BCUT2D eigenvalue weighted by Gasteiger charge is -2.05. The van der Waals surface area contributed by atoms with Gasteiger partial charge < -0.3 is 13.7 Å². The van der Waals surface area contributed by atoms with Crippen LogP contribution in [0, 0.1) is 0 Å². The first-order valence-corrected chi connectivity index (χ1v) is 5.23. The molecule has 2 aromatic heterocycles. The Hall–Kier alpha value is -2.11. The lowest BCUT2D eigenvalue weighted by atomic mass is 10.1. The summed E-state index contributed by atoms with van der Waals surface area (Å²) >= 11 is 0. The third kappa shape index (κ3) is 1.44. The number of ether oxygens (including phenoxy) is 1. The number of furan rings is 1. The van der Waals surface area contributed by atoms with Crippen molar-refractivity contribution < 1.29 is 18.5 Å². The van der Waals surface area contributed by atoms with Crippen molar-refractivity contribution in [2.45, 2.75) is 18.3 Å². The van der Waals surface area contributed by atoms with Gasteiger partial charge in [-0.1, -0.05) is 5.16 Å². The number of rotatable bonds is 3. The first kappa shape index (κ1) is 10.1. The molecule has 1 aliphatic carbocycles. The Bertz CT molecular complexity index is 540. The number of hydrogen-bond acceptors (Lipinski definition) is 6. The van der Waals surface area contributed by atoms with Crippen molar-refractivity contribution in [1.82, 2.24) is 10.1 Å². The zero-order chi connectivity index (χ0) is 11.9. The molecule has 0 aromatic carbocycles. The van der Waals surface area contributed by atoms with Crippen LogP contribution in [0.5, 0.6) is 0 Å². The molecule has 1 saturated carbocycles. The maximum absolute atomic E-state index is 11.6. The van der Waals surface area contributed by atoms with Crippen LogP contribution in [0.25, 0.3) is 11.6 Å². The average Bonchev–Trinajstić information content (AvgIpc) is 2.84. The van der Waals surface area contributed by atoms with Gasteiger partial charge in [0, 0.05) is 0 Å². The van der Waals surface area contributed by atoms with Crippen molar-refractivity contribution in [2.24, 2.45) is 0 Å². The zero-order valence-corrected chi connectivity index (χ0v) is 9.17. The van der Waals surface area contributed by atoms with Gasteiger partial charge in [0.15, 0.2) is 5.76 Å². The molecule has 0 amide bonds. The first-order valence-electron chi connectivity index (χ1n) is 5.23. The molecular weight excluding hydrogens is 224 g/mol. The second kappa shape index (κ2) is 3.44. The monoisotopic (exact) mass is 234 g/mol. The van der Waals surface area contributed by atoms with Crippen LogP contribution in [-0.4, -0.2) is 23.2 Å². The highest BCUT2D eigenvalue weighted by atomic mass is 16.5. The quantitative estimate of drug-likeness (QED) is 0.749. The highest BCUT2D eigenvalue weighted by Crippen LogP contribution is 2.48. The van der Waals surface area contributed by atoms with Crippen LogP contribution >= 0.6 is 0 Å². The lowest BCUT2D eigenvalue weighted by Crippen LogP contribution is -2.22. The van der Waals surface area contributed by atoms with Crippen molar-refractivity contribution >= 4 is 5.97 Å². The number of carbonyl (C=O) groups is 1. The van der Waals surface area contributed by atoms with Gasteiger partial charge in [0.2, 0.25) is 11.7 Å². The molecule has 0 unspecified atom stereocenters. The minimum Gasteiger partial charge on any atom is -0.468 e. The SMILES string of the molecule is COC(=O)C1(c2nc(-c3ccco3)no2)CC1. The third-order valence-corrected chi connectivity index (χ3v) is 2.90. The Kier molecular flexibility index (Phi) is 2.04. The lowest BCUT2D eigenvalue weighted by molar-refractivity contribution is -0.144. The van der Waals surface area contributed by atoms with Gasteiger partial charge in [0.25, 0.3) is 0 Å². The smallest absolute Gasteiger partial charge is 0.321 e. The molecule has 2 aromatic rings. The second-order valence-corrected chi connectivity index (χ2v) is 3.97. The molecule has 0 saturated heterocycles. The molecule has 0 N–H and O–H groups in total. The van der Waals surface area contributed by atoms with E-state index in [2.05, 4.69) is 10.1 Å². The maximum atomic E-state index is 11.6. The number of aromatic nitrogens is 2. The molecule has 6 nitrogen and oxygen atoms in total. The summed E-state index contributed by atoms with van der Waals surface area (Å²) in [6, 6.07) is 3.46. The maximum Gasteiger partial charge on any atom is 0.321 e. The molecule has 0 bridgehead atoms. The van der Waals surface area contributed by atoms with Crippen LogP contribution in [0.2, 0.25) is 0 Å². The standard InChI is InChI=1S/C11H10N2O4/c1-15-10(14)11(4-5-11)9-12-8(13-17-9)7-3-2-6-16-7/h2-3,6H,4-5H2,1H3. The van der Waals surface area contributed by atoms with Crippen LogP contribution in [0.3, 0.4) is 0 Å². The van der Waals surface area contributed by atoms with Crippen LogP contribution in [-0.2, 0) is 14.9 Å². The van der Waals surface area contributed by atoms with Gasteiger partial charge in [-0.3, -0.25) is 4.79 Å². The molecule has 0 spiro atoms. The summed E-state index contributed by atoms with van der Waals surface area (Å²) in [6.07, 6.45) is 2.89. The Labute approximate surface area is 96.6 Å².